The third-order valence-electron chi connectivity index (χ3n) is 2.23. The summed E-state index contributed by atoms with van der Waals surface area (Å²) < 4.78 is 1.80. The lowest BCUT2D eigenvalue weighted by atomic mass is 10.2. The van der Waals surface area contributed by atoms with Gasteiger partial charge in [0.25, 0.3) is 5.56 Å². The molecule has 7 heteroatoms. The minimum atomic E-state index is -0.296. The van der Waals surface area contributed by atoms with Crippen molar-refractivity contribution in [3.05, 3.63) is 30.2 Å². The van der Waals surface area contributed by atoms with Crippen LogP contribution < -0.4 is 5.56 Å². The van der Waals surface area contributed by atoms with Crippen LogP contribution in [0.25, 0.3) is 10.7 Å². The van der Waals surface area contributed by atoms with E-state index in [1.807, 2.05) is 6.07 Å². The molecule has 0 fully saturated rings. The average molecular weight is 380 g/mol. The van der Waals surface area contributed by atoms with Gasteiger partial charge in [-0.2, -0.15) is 4.98 Å². The molecular weight excluding hydrogens is 372 g/mol. The maximum atomic E-state index is 11.7. The van der Waals surface area contributed by atoms with E-state index in [0.29, 0.717) is 17.8 Å². The normalized spacial score (nSPS) is 10.8. The molecule has 0 bridgehead atoms. The van der Waals surface area contributed by atoms with E-state index in [0.717, 1.165) is 13.1 Å². The third kappa shape index (κ3) is 2.46. The molecular formula is C10H8Br2N2O2S. The highest BCUT2D eigenvalue weighted by molar-refractivity contribution is 9.13. The Kier molecular flexibility index (Phi) is 3.70. The molecule has 2 heterocycles. The first-order chi connectivity index (χ1) is 8.02. The third-order valence-corrected chi connectivity index (χ3v) is 5.49. The summed E-state index contributed by atoms with van der Waals surface area (Å²) in [5, 5.41) is 9.66. The SMILES string of the molecule is CCc1c(O)nc(-c2cc(Br)c(Br)s2)[nH]c1=O. The molecule has 0 saturated heterocycles. The van der Waals surface area contributed by atoms with Gasteiger partial charge < -0.3 is 10.1 Å². The molecule has 0 aliphatic rings. The molecule has 0 aromatic carbocycles. The largest absolute Gasteiger partial charge is 0.493 e. The predicted molar refractivity (Wildman–Crippen MR) is 74.6 cm³/mol. The number of nitrogens with one attached hydrogen (secondary N) is 1. The summed E-state index contributed by atoms with van der Waals surface area (Å²) in [5.74, 6) is 0.174. The monoisotopic (exact) mass is 378 g/mol. The van der Waals surface area contributed by atoms with Crippen LogP contribution in [0.5, 0.6) is 5.88 Å². The number of aromatic nitrogens is 2. The fourth-order valence-electron chi connectivity index (χ4n) is 1.38. The Balaban J connectivity index is 2.58. The lowest BCUT2D eigenvalue weighted by Gasteiger charge is -2.02. The van der Waals surface area contributed by atoms with Gasteiger partial charge in [0.15, 0.2) is 5.82 Å². The van der Waals surface area contributed by atoms with Crippen LogP contribution in [0.3, 0.4) is 0 Å². The van der Waals surface area contributed by atoms with E-state index in [2.05, 4.69) is 41.8 Å². The average Bonchev–Trinajstić information content (AvgIpc) is 2.59. The standard InChI is InChI=1S/C10H8Br2N2O2S/c1-2-4-9(15)13-8(14-10(4)16)6-3-5(11)7(12)17-6/h3H,2H2,1H3,(H2,13,14,15,16). The van der Waals surface area contributed by atoms with E-state index in [1.165, 1.54) is 11.3 Å². The predicted octanol–water partition coefficient (Wildman–Crippen LogP) is 3.29. The highest BCUT2D eigenvalue weighted by atomic mass is 79.9. The molecule has 2 aromatic rings. The Morgan fingerprint density at radius 2 is 2.24 bits per heavy atom. The topological polar surface area (TPSA) is 66.0 Å². The molecule has 4 nitrogen and oxygen atoms in total. The summed E-state index contributed by atoms with van der Waals surface area (Å²) in [4.78, 5) is 19.1. The van der Waals surface area contributed by atoms with Gasteiger partial charge in [-0.15, -0.1) is 11.3 Å². The summed E-state index contributed by atoms with van der Waals surface area (Å²) in [7, 11) is 0. The quantitative estimate of drug-likeness (QED) is 0.841. The molecule has 0 radical (unpaired) electrons. The summed E-state index contributed by atoms with van der Waals surface area (Å²) in [5.41, 5.74) is 0.0130. The zero-order chi connectivity index (χ0) is 12.6. The summed E-state index contributed by atoms with van der Waals surface area (Å²) in [6.07, 6.45) is 0.451. The minimum absolute atomic E-state index is 0.202. The first-order valence-corrected chi connectivity index (χ1v) is 7.20. The van der Waals surface area contributed by atoms with Crippen LogP contribution in [0, 0.1) is 0 Å². The summed E-state index contributed by atoms with van der Waals surface area (Å²) in [6.45, 7) is 1.80. The van der Waals surface area contributed by atoms with Crippen LogP contribution in [0.2, 0.25) is 0 Å². The van der Waals surface area contributed by atoms with Crippen LogP contribution in [-0.2, 0) is 6.42 Å². The van der Waals surface area contributed by atoms with E-state index in [-0.39, 0.29) is 11.4 Å². The van der Waals surface area contributed by atoms with Crippen LogP contribution in [0.4, 0.5) is 0 Å². The maximum Gasteiger partial charge on any atom is 0.258 e. The second-order valence-corrected chi connectivity index (χ2v) is 6.53. The minimum Gasteiger partial charge on any atom is -0.493 e. The van der Waals surface area contributed by atoms with Gasteiger partial charge in [0.1, 0.15) is 0 Å². The van der Waals surface area contributed by atoms with Crippen molar-refractivity contribution in [2.75, 3.05) is 0 Å². The molecule has 2 rings (SSSR count). The van der Waals surface area contributed by atoms with Gasteiger partial charge >= 0.3 is 0 Å². The fraction of sp³-hybridized carbons (Fsp3) is 0.200. The van der Waals surface area contributed by atoms with Crippen LogP contribution in [-0.4, -0.2) is 15.1 Å². The number of aromatic hydroxyl groups is 1. The summed E-state index contributed by atoms with van der Waals surface area (Å²) >= 11 is 8.15. The van der Waals surface area contributed by atoms with E-state index < -0.39 is 0 Å². The van der Waals surface area contributed by atoms with Gasteiger partial charge in [0.2, 0.25) is 5.88 Å². The fourth-order valence-corrected chi connectivity index (χ4v) is 3.37. The number of hydrogen-bond acceptors (Lipinski definition) is 4. The number of halogens is 2. The molecule has 0 atom stereocenters. The number of aromatic amines is 1. The Morgan fingerprint density at radius 1 is 1.53 bits per heavy atom. The second-order valence-electron chi connectivity index (χ2n) is 3.30. The molecule has 0 aliphatic carbocycles. The van der Waals surface area contributed by atoms with Crippen molar-refractivity contribution in [2.24, 2.45) is 0 Å². The van der Waals surface area contributed by atoms with Crippen molar-refractivity contribution in [3.8, 4) is 16.6 Å². The lowest BCUT2D eigenvalue weighted by molar-refractivity contribution is 0.444. The molecule has 0 amide bonds. The maximum absolute atomic E-state index is 11.7. The van der Waals surface area contributed by atoms with E-state index in [1.54, 1.807) is 6.92 Å². The van der Waals surface area contributed by atoms with Crippen molar-refractivity contribution in [2.45, 2.75) is 13.3 Å². The first kappa shape index (κ1) is 12.8. The first-order valence-electron chi connectivity index (χ1n) is 4.80. The number of H-pyrrole nitrogens is 1. The Hall–Kier alpha value is -0.660. The van der Waals surface area contributed by atoms with Crippen LogP contribution in [0.1, 0.15) is 12.5 Å². The molecule has 90 valence electrons. The van der Waals surface area contributed by atoms with Gasteiger partial charge in [-0.1, -0.05) is 6.92 Å². The van der Waals surface area contributed by atoms with Crippen molar-refractivity contribution in [1.29, 1.82) is 0 Å². The lowest BCUT2D eigenvalue weighted by Crippen LogP contribution is -2.14. The second kappa shape index (κ2) is 4.91. The summed E-state index contributed by atoms with van der Waals surface area (Å²) in [6, 6.07) is 1.83. The number of thiophene rings is 1. The smallest absolute Gasteiger partial charge is 0.258 e. The highest BCUT2D eigenvalue weighted by Crippen LogP contribution is 2.36. The Bertz CT molecular complexity index is 602. The van der Waals surface area contributed by atoms with Gasteiger partial charge in [-0.3, -0.25) is 4.79 Å². The van der Waals surface area contributed by atoms with Crippen molar-refractivity contribution >= 4 is 43.2 Å². The van der Waals surface area contributed by atoms with E-state index in [9.17, 15) is 9.90 Å². The van der Waals surface area contributed by atoms with Gasteiger partial charge in [-0.25, -0.2) is 0 Å². The zero-order valence-electron chi connectivity index (χ0n) is 8.75. The number of hydrogen-bond donors (Lipinski definition) is 2. The highest BCUT2D eigenvalue weighted by Gasteiger charge is 2.13. The Morgan fingerprint density at radius 3 is 2.71 bits per heavy atom. The molecule has 0 unspecified atom stereocenters. The molecule has 17 heavy (non-hydrogen) atoms. The van der Waals surface area contributed by atoms with Crippen molar-refractivity contribution in [1.82, 2.24) is 9.97 Å². The number of rotatable bonds is 2. The van der Waals surface area contributed by atoms with Crippen molar-refractivity contribution < 1.29 is 5.11 Å². The zero-order valence-corrected chi connectivity index (χ0v) is 12.7. The van der Waals surface area contributed by atoms with E-state index >= 15 is 0 Å². The molecule has 2 N–H and O–H groups in total. The Labute approximate surface area is 118 Å². The molecule has 2 aromatic heterocycles. The van der Waals surface area contributed by atoms with Gasteiger partial charge in [0, 0.05) is 4.47 Å². The van der Waals surface area contributed by atoms with Crippen LogP contribution in [0.15, 0.2) is 19.1 Å². The molecule has 0 spiro atoms. The van der Waals surface area contributed by atoms with Gasteiger partial charge in [-0.05, 0) is 44.3 Å². The van der Waals surface area contributed by atoms with Crippen molar-refractivity contribution in [3.63, 3.8) is 0 Å². The van der Waals surface area contributed by atoms with E-state index in [4.69, 9.17) is 0 Å². The molecule has 0 aliphatic heterocycles. The van der Waals surface area contributed by atoms with Gasteiger partial charge in [0.05, 0.1) is 14.2 Å². The molecule has 0 saturated carbocycles. The number of nitrogens with zero attached hydrogens (tertiary/aromatic N) is 1. The van der Waals surface area contributed by atoms with Crippen LogP contribution >= 0.6 is 43.2 Å².